The largest absolute Gasteiger partial charge is 0.340 e. The molecule has 1 saturated heterocycles. The zero-order valence-electron chi connectivity index (χ0n) is 13.8. The molecule has 0 saturated carbocycles. The molecule has 0 radical (unpaired) electrons. The number of fused-ring (bicyclic) bond motifs is 1. The van der Waals surface area contributed by atoms with E-state index < -0.39 is 0 Å². The van der Waals surface area contributed by atoms with E-state index in [-0.39, 0.29) is 0 Å². The fourth-order valence-electron chi connectivity index (χ4n) is 3.90. The minimum absolute atomic E-state index is 0.366. The Balaban J connectivity index is 1.51. The van der Waals surface area contributed by atoms with Crippen molar-refractivity contribution in [2.45, 2.75) is 58.0 Å². The van der Waals surface area contributed by atoms with Crippen LogP contribution < -0.4 is 0 Å². The molecule has 1 unspecified atom stereocenters. The highest BCUT2D eigenvalue weighted by molar-refractivity contribution is 5.76. The zero-order chi connectivity index (χ0) is 15.4. The van der Waals surface area contributed by atoms with Gasteiger partial charge in [-0.15, -0.1) is 0 Å². The van der Waals surface area contributed by atoms with E-state index in [1.165, 1.54) is 30.4 Å². The van der Waals surface area contributed by atoms with E-state index in [9.17, 15) is 4.79 Å². The van der Waals surface area contributed by atoms with Gasteiger partial charge in [0.25, 0.3) is 0 Å². The van der Waals surface area contributed by atoms with Crippen LogP contribution in [0.5, 0.6) is 0 Å². The van der Waals surface area contributed by atoms with Crippen molar-refractivity contribution in [3.8, 4) is 0 Å². The summed E-state index contributed by atoms with van der Waals surface area (Å²) < 4.78 is 0. The summed E-state index contributed by atoms with van der Waals surface area (Å²) in [5.41, 5.74) is 2.91. The molecule has 1 atom stereocenters. The number of piperidine rings is 1. The maximum absolute atomic E-state index is 12.6. The highest BCUT2D eigenvalue weighted by Crippen LogP contribution is 2.21. The third kappa shape index (κ3) is 3.52. The second-order valence-corrected chi connectivity index (χ2v) is 6.69. The van der Waals surface area contributed by atoms with Crippen molar-refractivity contribution in [2.75, 3.05) is 19.6 Å². The first-order valence-electron chi connectivity index (χ1n) is 8.86. The van der Waals surface area contributed by atoms with Gasteiger partial charge in [-0.3, -0.25) is 9.69 Å². The Morgan fingerprint density at radius 1 is 1.18 bits per heavy atom. The molecule has 120 valence electrons. The number of hydrogen-bond acceptors (Lipinski definition) is 2. The third-order valence-electron chi connectivity index (χ3n) is 5.27. The van der Waals surface area contributed by atoms with E-state index >= 15 is 0 Å². The fraction of sp³-hybridized carbons (Fsp3) is 0.632. The molecule has 3 rings (SSSR count). The minimum atomic E-state index is 0.366. The van der Waals surface area contributed by atoms with Gasteiger partial charge in [0, 0.05) is 38.6 Å². The molecule has 2 heterocycles. The van der Waals surface area contributed by atoms with Crippen LogP contribution in [0, 0.1) is 0 Å². The summed E-state index contributed by atoms with van der Waals surface area (Å²) in [6, 6.07) is 9.19. The van der Waals surface area contributed by atoms with Crippen LogP contribution >= 0.6 is 0 Å². The minimum Gasteiger partial charge on any atom is -0.340 e. The second-order valence-electron chi connectivity index (χ2n) is 6.69. The van der Waals surface area contributed by atoms with Gasteiger partial charge in [0.05, 0.1) is 0 Å². The SMILES string of the molecule is CCC1CCCCN1C(=O)CCN1CCc2ccccc2C1. The van der Waals surface area contributed by atoms with E-state index in [1.807, 2.05) is 0 Å². The Morgan fingerprint density at radius 3 is 2.82 bits per heavy atom. The lowest BCUT2D eigenvalue weighted by atomic mass is 9.99. The Kier molecular flexibility index (Phi) is 5.14. The van der Waals surface area contributed by atoms with Gasteiger partial charge in [0.1, 0.15) is 0 Å². The summed E-state index contributed by atoms with van der Waals surface area (Å²) in [5, 5.41) is 0. The van der Waals surface area contributed by atoms with Crippen LogP contribution in [0.3, 0.4) is 0 Å². The number of amides is 1. The van der Waals surface area contributed by atoms with Gasteiger partial charge in [0.15, 0.2) is 0 Å². The maximum Gasteiger partial charge on any atom is 0.224 e. The molecule has 0 aromatic heterocycles. The van der Waals surface area contributed by atoms with Gasteiger partial charge in [-0.05, 0) is 43.2 Å². The standard InChI is InChI=1S/C19H28N2O/c1-2-18-9-5-6-12-21(18)19(22)11-14-20-13-10-16-7-3-4-8-17(16)15-20/h3-4,7-8,18H,2,5-6,9-15H2,1H3. The van der Waals surface area contributed by atoms with E-state index in [0.29, 0.717) is 18.4 Å². The Morgan fingerprint density at radius 2 is 2.00 bits per heavy atom. The van der Waals surface area contributed by atoms with Crippen LogP contribution in [0.4, 0.5) is 0 Å². The highest BCUT2D eigenvalue weighted by atomic mass is 16.2. The molecule has 2 aliphatic rings. The predicted molar refractivity (Wildman–Crippen MR) is 89.7 cm³/mol. The molecule has 0 N–H and O–H groups in total. The third-order valence-corrected chi connectivity index (χ3v) is 5.27. The quantitative estimate of drug-likeness (QED) is 0.852. The van der Waals surface area contributed by atoms with Crippen LogP contribution in [0.1, 0.15) is 50.2 Å². The number of nitrogens with zero attached hydrogens (tertiary/aromatic N) is 2. The van der Waals surface area contributed by atoms with Gasteiger partial charge in [-0.2, -0.15) is 0 Å². The van der Waals surface area contributed by atoms with Crippen LogP contribution in [0.25, 0.3) is 0 Å². The van der Waals surface area contributed by atoms with Gasteiger partial charge in [-0.25, -0.2) is 0 Å². The summed E-state index contributed by atoms with van der Waals surface area (Å²) in [4.78, 5) is 17.1. The average molecular weight is 300 g/mol. The molecular weight excluding hydrogens is 272 g/mol. The van der Waals surface area contributed by atoms with Crippen LogP contribution in [0.15, 0.2) is 24.3 Å². The number of benzene rings is 1. The summed E-state index contributed by atoms with van der Waals surface area (Å²) >= 11 is 0. The van der Waals surface area contributed by atoms with Crippen molar-refractivity contribution in [3.63, 3.8) is 0 Å². The number of hydrogen-bond donors (Lipinski definition) is 0. The highest BCUT2D eigenvalue weighted by Gasteiger charge is 2.25. The van der Waals surface area contributed by atoms with Crippen molar-refractivity contribution in [3.05, 3.63) is 35.4 Å². The molecule has 1 fully saturated rings. The lowest BCUT2D eigenvalue weighted by Gasteiger charge is -2.36. The molecule has 0 spiro atoms. The molecule has 1 aromatic carbocycles. The molecule has 3 nitrogen and oxygen atoms in total. The Hall–Kier alpha value is -1.35. The van der Waals surface area contributed by atoms with Crippen molar-refractivity contribution >= 4 is 5.91 Å². The summed E-state index contributed by atoms with van der Waals surface area (Å²) in [7, 11) is 0. The van der Waals surface area contributed by atoms with Crippen molar-refractivity contribution in [2.24, 2.45) is 0 Å². The molecule has 22 heavy (non-hydrogen) atoms. The Bertz CT molecular complexity index is 514. The van der Waals surface area contributed by atoms with E-state index in [0.717, 1.165) is 39.0 Å². The summed E-state index contributed by atoms with van der Waals surface area (Å²) in [5.74, 6) is 0.366. The molecular formula is C19H28N2O. The van der Waals surface area contributed by atoms with E-state index in [1.54, 1.807) is 0 Å². The van der Waals surface area contributed by atoms with Gasteiger partial charge in [-0.1, -0.05) is 31.2 Å². The first-order valence-corrected chi connectivity index (χ1v) is 8.86. The van der Waals surface area contributed by atoms with Crippen LogP contribution in [0.2, 0.25) is 0 Å². The van der Waals surface area contributed by atoms with E-state index in [4.69, 9.17) is 0 Å². The lowest BCUT2D eigenvalue weighted by molar-refractivity contribution is -0.135. The van der Waals surface area contributed by atoms with Gasteiger partial charge in [0.2, 0.25) is 5.91 Å². The molecule has 0 aliphatic carbocycles. The topological polar surface area (TPSA) is 23.6 Å². The fourth-order valence-corrected chi connectivity index (χ4v) is 3.90. The molecule has 1 aromatic rings. The van der Waals surface area contributed by atoms with Crippen molar-refractivity contribution < 1.29 is 4.79 Å². The van der Waals surface area contributed by atoms with Crippen LogP contribution in [-0.2, 0) is 17.8 Å². The molecule has 1 amide bonds. The first kappa shape index (κ1) is 15.5. The normalized spacial score (nSPS) is 22.4. The van der Waals surface area contributed by atoms with Gasteiger partial charge >= 0.3 is 0 Å². The van der Waals surface area contributed by atoms with Crippen molar-refractivity contribution in [1.82, 2.24) is 9.80 Å². The molecule has 2 aliphatic heterocycles. The summed E-state index contributed by atoms with van der Waals surface area (Å²) in [6.07, 6.45) is 6.55. The molecule has 3 heteroatoms. The maximum atomic E-state index is 12.6. The first-order chi connectivity index (χ1) is 10.8. The Labute approximate surface area is 134 Å². The average Bonchev–Trinajstić information content (AvgIpc) is 2.59. The second kappa shape index (κ2) is 7.28. The monoisotopic (exact) mass is 300 g/mol. The summed E-state index contributed by atoms with van der Waals surface area (Å²) in [6.45, 7) is 6.17. The number of carbonyl (C=O) groups is 1. The predicted octanol–water partition coefficient (Wildman–Crippen LogP) is 3.23. The molecule has 0 bridgehead atoms. The number of rotatable bonds is 4. The smallest absolute Gasteiger partial charge is 0.224 e. The van der Waals surface area contributed by atoms with Crippen LogP contribution in [-0.4, -0.2) is 41.4 Å². The lowest BCUT2D eigenvalue weighted by Crippen LogP contribution is -2.44. The number of likely N-dealkylation sites (tertiary alicyclic amines) is 1. The van der Waals surface area contributed by atoms with Gasteiger partial charge < -0.3 is 4.90 Å². The van der Waals surface area contributed by atoms with E-state index in [2.05, 4.69) is 41.0 Å². The number of carbonyl (C=O) groups excluding carboxylic acids is 1. The zero-order valence-corrected chi connectivity index (χ0v) is 13.8. The van der Waals surface area contributed by atoms with Crippen molar-refractivity contribution in [1.29, 1.82) is 0 Å².